The van der Waals surface area contributed by atoms with E-state index in [9.17, 15) is 9.59 Å². The van der Waals surface area contributed by atoms with E-state index in [-0.39, 0.29) is 25.0 Å². The number of esters is 1. The second kappa shape index (κ2) is 8.29. The molecule has 4 heteroatoms. The van der Waals surface area contributed by atoms with Crippen molar-refractivity contribution in [2.24, 2.45) is 0 Å². The lowest BCUT2D eigenvalue weighted by Gasteiger charge is -2.27. The lowest BCUT2D eigenvalue weighted by molar-refractivity contribution is -0.150. The molecule has 4 nitrogen and oxygen atoms in total. The van der Waals surface area contributed by atoms with Gasteiger partial charge in [0.15, 0.2) is 0 Å². The van der Waals surface area contributed by atoms with Crippen LogP contribution in [-0.4, -0.2) is 29.9 Å². The Hall–Kier alpha value is -2.88. The number of likely N-dealkylation sites (tertiary alicyclic amines) is 1. The maximum atomic E-state index is 12.6. The quantitative estimate of drug-likeness (QED) is 0.621. The largest absolute Gasteiger partial charge is 0.459 e. The monoisotopic (exact) mass is 335 g/mol. The zero-order valence-electron chi connectivity index (χ0n) is 14.1. The Balaban J connectivity index is 1.57. The summed E-state index contributed by atoms with van der Waals surface area (Å²) in [5, 5.41) is 0. The summed E-state index contributed by atoms with van der Waals surface area (Å²) in [6, 6.07) is 19.3. The maximum Gasteiger partial charge on any atom is 0.325 e. The van der Waals surface area contributed by atoms with Crippen molar-refractivity contribution in [3.8, 4) is 0 Å². The van der Waals surface area contributed by atoms with E-state index < -0.39 is 0 Å². The van der Waals surface area contributed by atoms with Gasteiger partial charge in [-0.1, -0.05) is 60.7 Å². The number of ether oxygens (including phenoxy) is 1. The number of benzene rings is 2. The predicted octanol–water partition coefficient (Wildman–Crippen LogP) is 3.44. The molecule has 25 heavy (non-hydrogen) atoms. The molecule has 1 fully saturated rings. The van der Waals surface area contributed by atoms with Crippen LogP contribution < -0.4 is 0 Å². The average Bonchev–Trinajstić information content (AvgIpc) is 2.65. The van der Waals surface area contributed by atoms with E-state index in [1.54, 1.807) is 4.90 Å². The third-order valence-corrected chi connectivity index (χ3v) is 4.14. The first kappa shape index (κ1) is 17.0. The van der Waals surface area contributed by atoms with E-state index >= 15 is 0 Å². The van der Waals surface area contributed by atoms with Crippen molar-refractivity contribution >= 4 is 18.0 Å². The Morgan fingerprint density at radius 3 is 2.44 bits per heavy atom. The van der Waals surface area contributed by atoms with Crippen LogP contribution in [0.4, 0.5) is 0 Å². The van der Waals surface area contributed by atoms with Crippen molar-refractivity contribution < 1.29 is 14.3 Å². The van der Waals surface area contributed by atoms with E-state index in [0.29, 0.717) is 6.54 Å². The Morgan fingerprint density at radius 1 is 1.04 bits per heavy atom. The number of nitrogens with zero attached hydrogens (tertiary/aromatic N) is 1. The first-order valence-corrected chi connectivity index (χ1v) is 8.47. The van der Waals surface area contributed by atoms with Gasteiger partial charge in [0.2, 0.25) is 5.91 Å². The van der Waals surface area contributed by atoms with Crippen LogP contribution in [0.3, 0.4) is 0 Å². The average molecular weight is 335 g/mol. The zero-order chi connectivity index (χ0) is 17.5. The van der Waals surface area contributed by atoms with Crippen molar-refractivity contribution in [2.75, 3.05) is 13.1 Å². The molecule has 0 radical (unpaired) electrons. The van der Waals surface area contributed by atoms with Crippen LogP contribution in [-0.2, 0) is 20.9 Å². The minimum absolute atomic E-state index is 0.00219. The van der Waals surface area contributed by atoms with Crippen molar-refractivity contribution in [3.05, 3.63) is 77.4 Å². The molecule has 2 aromatic carbocycles. The molecular weight excluding hydrogens is 314 g/mol. The number of hydrogen-bond donors (Lipinski definition) is 0. The van der Waals surface area contributed by atoms with Gasteiger partial charge >= 0.3 is 5.97 Å². The predicted molar refractivity (Wildman–Crippen MR) is 96.5 cm³/mol. The third-order valence-electron chi connectivity index (χ3n) is 4.14. The van der Waals surface area contributed by atoms with E-state index in [1.807, 2.05) is 66.7 Å². The Labute approximate surface area is 147 Å². The van der Waals surface area contributed by atoms with Gasteiger partial charge in [-0.25, -0.2) is 0 Å². The number of carbonyl (C=O) groups is 2. The third kappa shape index (κ3) is 4.80. The summed E-state index contributed by atoms with van der Waals surface area (Å²) in [6.07, 6.45) is 3.50. The summed E-state index contributed by atoms with van der Waals surface area (Å²) in [7, 11) is 0. The fraction of sp³-hybridized carbons (Fsp3) is 0.238. The first-order chi connectivity index (χ1) is 12.2. The van der Waals surface area contributed by atoms with Crippen molar-refractivity contribution in [1.82, 2.24) is 4.90 Å². The zero-order valence-corrected chi connectivity index (χ0v) is 14.1. The first-order valence-electron chi connectivity index (χ1n) is 8.47. The minimum Gasteiger partial charge on any atom is -0.459 e. The van der Waals surface area contributed by atoms with E-state index in [4.69, 9.17) is 4.74 Å². The molecule has 1 saturated heterocycles. The number of rotatable bonds is 5. The standard InChI is InChI=1S/C21H21NO3/c23-20(25-16-18-10-5-2-6-11-18)15-22-13-7-12-19(21(22)24)14-17-8-3-1-4-9-17/h1-6,8-11,14H,7,12-13,15-16H2/b19-14+. The lowest BCUT2D eigenvalue weighted by Crippen LogP contribution is -2.40. The number of carbonyl (C=O) groups excluding carboxylic acids is 2. The van der Waals surface area contributed by atoms with Crippen LogP contribution >= 0.6 is 0 Å². The van der Waals surface area contributed by atoms with Gasteiger partial charge in [0.05, 0.1) is 0 Å². The maximum absolute atomic E-state index is 12.6. The highest BCUT2D eigenvalue weighted by Gasteiger charge is 2.25. The van der Waals surface area contributed by atoms with Gasteiger partial charge < -0.3 is 9.64 Å². The van der Waals surface area contributed by atoms with Crippen LogP contribution in [0.25, 0.3) is 6.08 Å². The normalized spacial score (nSPS) is 16.1. The van der Waals surface area contributed by atoms with Crippen LogP contribution in [0, 0.1) is 0 Å². The van der Waals surface area contributed by atoms with Crippen molar-refractivity contribution in [3.63, 3.8) is 0 Å². The number of piperidine rings is 1. The van der Waals surface area contributed by atoms with E-state index in [2.05, 4.69) is 0 Å². The molecule has 1 heterocycles. The van der Waals surface area contributed by atoms with Crippen molar-refractivity contribution in [1.29, 1.82) is 0 Å². The molecule has 3 rings (SSSR count). The highest BCUT2D eigenvalue weighted by Crippen LogP contribution is 2.20. The molecule has 128 valence electrons. The smallest absolute Gasteiger partial charge is 0.325 e. The van der Waals surface area contributed by atoms with Crippen LogP contribution in [0.5, 0.6) is 0 Å². The fourth-order valence-corrected chi connectivity index (χ4v) is 2.85. The molecule has 0 spiro atoms. The van der Waals surface area contributed by atoms with Gasteiger partial charge in [0, 0.05) is 12.1 Å². The Kier molecular flexibility index (Phi) is 5.62. The summed E-state index contributed by atoms with van der Waals surface area (Å²) in [5.74, 6) is -0.454. The highest BCUT2D eigenvalue weighted by atomic mass is 16.5. The molecule has 0 bridgehead atoms. The molecule has 1 amide bonds. The van der Waals surface area contributed by atoms with Crippen LogP contribution in [0.1, 0.15) is 24.0 Å². The van der Waals surface area contributed by atoms with Crippen molar-refractivity contribution in [2.45, 2.75) is 19.4 Å². The number of hydrogen-bond acceptors (Lipinski definition) is 3. The van der Waals surface area contributed by atoms with E-state index in [0.717, 1.165) is 29.5 Å². The summed E-state index contributed by atoms with van der Waals surface area (Å²) in [4.78, 5) is 26.2. The van der Waals surface area contributed by atoms with Gasteiger partial charge in [-0.2, -0.15) is 0 Å². The molecule has 1 aliphatic heterocycles. The van der Waals surface area contributed by atoms with Gasteiger partial charge in [0.25, 0.3) is 0 Å². The second-order valence-corrected chi connectivity index (χ2v) is 6.06. The fourth-order valence-electron chi connectivity index (χ4n) is 2.85. The minimum atomic E-state index is -0.377. The molecule has 0 unspecified atom stereocenters. The molecular formula is C21H21NO3. The van der Waals surface area contributed by atoms with Crippen LogP contribution in [0.15, 0.2) is 66.2 Å². The Morgan fingerprint density at radius 2 is 1.72 bits per heavy atom. The lowest BCUT2D eigenvalue weighted by atomic mass is 10.0. The summed E-state index contributed by atoms with van der Waals surface area (Å²) in [5.41, 5.74) is 2.68. The SMILES string of the molecule is O=C(CN1CCC/C(=C\c2ccccc2)C1=O)OCc1ccccc1. The topological polar surface area (TPSA) is 46.6 Å². The van der Waals surface area contributed by atoms with Gasteiger partial charge in [0.1, 0.15) is 13.2 Å². The Bertz CT molecular complexity index is 753. The van der Waals surface area contributed by atoms with E-state index in [1.165, 1.54) is 0 Å². The molecule has 2 aromatic rings. The summed E-state index contributed by atoms with van der Waals surface area (Å²) < 4.78 is 5.28. The molecule has 0 saturated carbocycles. The summed E-state index contributed by atoms with van der Waals surface area (Å²) >= 11 is 0. The molecule has 1 aliphatic rings. The number of amides is 1. The molecule has 0 atom stereocenters. The second-order valence-electron chi connectivity index (χ2n) is 6.06. The van der Waals surface area contributed by atoms with Gasteiger partial charge in [-0.3, -0.25) is 9.59 Å². The summed E-state index contributed by atoms with van der Waals surface area (Å²) in [6.45, 7) is 0.817. The van der Waals surface area contributed by atoms with Crippen LogP contribution in [0.2, 0.25) is 0 Å². The molecule has 0 N–H and O–H groups in total. The highest BCUT2D eigenvalue weighted by molar-refractivity contribution is 5.99. The molecule has 0 aromatic heterocycles. The van der Waals surface area contributed by atoms with Gasteiger partial charge in [-0.05, 0) is 30.0 Å². The molecule has 0 aliphatic carbocycles. The van der Waals surface area contributed by atoms with Gasteiger partial charge in [-0.15, -0.1) is 0 Å².